The zero-order valence-corrected chi connectivity index (χ0v) is 13.3. The van der Waals surface area contributed by atoms with Gasteiger partial charge in [0.1, 0.15) is 8.07 Å². The van der Waals surface area contributed by atoms with Gasteiger partial charge in [0, 0.05) is 12.8 Å². The first-order valence-corrected chi connectivity index (χ1v) is 9.75. The molecule has 0 aromatic carbocycles. The molecule has 0 heterocycles. The van der Waals surface area contributed by atoms with E-state index in [4.69, 9.17) is 6.42 Å². The Morgan fingerprint density at radius 2 is 1.47 bits per heavy atom. The lowest BCUT2D eigenvalue weighted by Gasteiger charge is -2.31. The van der Waals surface area contributed by atoms with Crippen LogP contribution in [0, 0.1) is 23.8 Å². The van der Waals surface area contributed by atoms with Crippen LogP contribution in [-0.2, 0) is 0 Å². The SMILES string of the molecule is C#CCCCCCCC#C[Si](C)(C)C(C)(C)C. The molecule has 0 spiro atoms. The predicted molar refractivity (Wildman–Crippen MR) is 81.5 cm³/mol. The van der Waals surface area contributed by atoms with E-state index >= 15 is 0 Å². The molecule has 0 radical (unpaired) electrons. The first-order chi connectivity index (χ1) is 7.81. The summed E-state index contributed by atoms with van der Waals surface area (Å²) in [6.07, 6.45) is 12.1. The normalized spacial score (nSPS) is 11.5. The van der Waals surface area contributed by atoms with Crippen LogP contribution in [0.3, 0.4) is 0 Å². The van der Waals surface area contributed by atoms with Crippen LogP contribution in [-0.4, -0.2) is 8.07 Å². The molecule has 0 aromatic heterocycles. The summed E-state index contributed by atoms with van der Waals surface area (Å²) in [5, 5.41) is 0.382. The lowest BCUT2D eigenvalue weighted by molar-refractivity contribution is 0.661. The van der Waals surface area contributed by atoms with Gasteiger partial charge in [-0.1, -0.05) is 46.7 Å². The zero-order valence-electron chi connectivity index (χ0n) is 12.3. The third kappa shape index (κ3) is 7.30. The van der Waals surface area contributed by atoms with Crippen LogP contribution in [0.25, 0.3) is 0 Å². The number of rotatable bonds is 5. The summed E-state index contributed by atoms with van der Waals surface area (Å²) in [6, 6.07) is 0. The molecule has 1 heteroatoms. The largest absolute Gasteiger partial charge is 0.137 e. The molecule has 0 unspecified atom stereocenters. The van der Waals surface area contributed by atoms with Crippen LogP contribution in [0.15, 0.2) is 0 Å². The van der Waals surface area contributed by atoms with Gasteiger partial charge in [0.15, 0.2) is 0 Å². The van der Waals surface area contributed by atoms with Crippen molar-refractivity contribution in [3.05, 3.63) is 0 Å². The summed E-state index contributed by atoms with van der Waals surface area (Å²) in [7, 11) is -1.37. The maximum Gasteiger partial charge on any atom is 0.137 e. The Bertz CT molecular complexity index is 301. The minimum absolute atomic E-state index is 0.382. The summed E-state index contributed by atoms with van der Waals surface area (Å²) in [5.41, 5.74) is 3.56. The third-order valence-corrected chi connectivity index (χ3v) is 8.20. The van der Waals surface area contributed by atoms with E-state index in [0.29, 0.717) is 5.04 Å². The Labute approximate surface area is 110 Å². The van der Waals surface area contributed by atoms with E-state index in [1.165, 1.54) is 25.7 Å². The molecule has 0 nitrogen and oxygen atoms in total. The van der Waals surface area contributed by atoms with E-state index < -0.39 is 8.07 Å². The zero-order chi connectivity index (χ0) is 13.4. The molecule has 0 fully saturated rings. The van der Waals surface area contributed by atoms with Gasteiger partial charge >= 0.3 is 0 Å². The molecule has 0 aliphatic rings. The third-order valence-electron chi connectivity index (χ3n) is 3.65. The molecule has 0 saturated heterocycles. The average Bonchev–Trinajstić information content (AvgIpc) is 2.20. The summed E-state index contributed by atoms with van der Waals surface area (Å²) < 4.78 is 0. The van der Waals surface area contributed by atoms with Gasteiger partial charge in [0.05, 0.1) is 0 Å². The number of hydrogen-bond acceptors (Lipinski definition) is 0. The Morgan fingerprint density at radius 1 is 0.941 bits per heavy atom. The number of hydrogen-bond donors (Lipinski definition) is 0. The Hall–Kier alpha value is -0.663. The van der Waals surface area contributed by atoms with Crippen LogP contribution in [0.2, 0.25) is 18.1 Å². The second-order valence-corrected chi connectivity index (χ2v) is 11.3. The summed E-state index contributed by atoms with van der Waals surface area (Å²) in [6.45, 7) is 11.7. The van der Waals surface area contributed by atoms with Crippen LogP contribution in [0.5, 0.6) is 0 Å². The second-order valence-electron chi connectivity index (χ2n) is 6.30. The summed E-state index contributed by atoms with van der Waals surface area (Å²) in [4.78, 5) is 0. The Balaban J connectivity index is 3.80. The second kappa shape index (κ2) is 7.62. The summed E-state index contributed by atoms with van der Waals surface area (Å²) in [5.74, 6) is 6.08. The standard InChI is InChI=1S/C16H28Si/c1-7-8-9-10-11-12-13-14-15-17(5,6)16(2,3)4/h1H,8-13H2,2-6H3. The fraction of sp³-hybridized carbons (Fsp3) is 0.750. The first-order valence-electron chi connectivity index (χ1n) is 6.75. The molecule has 0 aliphatic carbocycles. The van der Waals surface area contributed by atoms with Gasteiger partial charge in [0.2, 0.25) is 0 Å². The fourth-order valence-corrected chi connectivity index (χ4v) is 2.21. The van der Waals surface area contributed by atoms with Crippen molar-refractivity contribution in [3.8, 4) is 23.8 Å². The molecule has 0 saturated carbocycles. The smallest absolute Gasteiger partial charge is 0.131 e. The molecule has 96 valence electrons. The lowest BCUT2D eigenvalue weighted by atomic mass is 10.1. The van der Waals surface area contributed by atoms with Crippen molar-refractivity contribution in [3.63, 3.8) is 0 Å². The van der Waals surface area contributed by atoms with Gasteiger partial charge < -0.3 is 0 Å². The highest BCUT2D eigenvalue weighted by Gasteiger charge is 2.33. The van der Waals surface area contributed by atoms with Crippen LogP contribution in [0.4, 0.5) is 0 Å². The summed E-state index contributed by atoms with van der Waals surface area (Å²) >= 11 is 0. The molecule has 0 atom stereocenters. The molecule has 0 aromatic rings. The van der Waals surface area contributed by atoms with E-state index in [9.17, 15) is 0 Å². The average molecular weight is 248 g/mol. The molecule has 0 N–H and O–H groups in total. The minimum Gasteiger partial charge on any atom is -0.131 e. The Morgan fingerprint density at radius 3 is 1.94 bits per heavy atom. The van der Waals surface area contributed by atoms with Crippen LogP contribution < -0.4 is 0 Å². The van der Waals surface area contributed by atoms with Crippen molar-refractivity contribution in [1.29, 1.82) is 0 Å². The molecular formula is C16H28Si. The molecule has 0 rings (SSSR count). The van der Waals surface area contributed by atoms with E-state index in [1.807, 2.05) is 0 Å². The van der Waals surface area contributed by atoms with E-state index in [2.05, 4.69) is 51.2 Å². The number of unbranched alkanes of at least 4 members (excludes halogenated alkanes) is 5. The molecule has 0 amide bonds. The first kappa shape index (κ1) is 16.3. The van der Waals surface area contributed by atoms with Crippen LogP contribution in [0.1, 0.15) is 59.3 Å². The van der Waals surface area contributed by atoms with Gasteiger partial charge in [-0.2, -0.15) is 0 Å². The maximum atomic E-state index is 5.21. The highest BCUT2D eigenvalue weighted by atomic mass is 28.3. The maximum absolute atomic E-state index is 5.21. The molecule has 0 bridgehead atoms. The van der Waals surface area contributed by atoms with Crippen molar-refractivity contribution < 1.29 is 0 Å². The predicted octanol–water partition coefficient (Wildman–Crippen LogP) is 5.01. The van der Waals surface area contributed by atoms with Gasteiger partial charge in [-0.15, -0.1) is 23.8 Å². The highest BCUT2D eigenvalue weighted by molar-refractivity contribution is 6.87. The minimum atomic E-state index is -1.37. The molecular weight excluding hydrogens is 220 g/mol. The lowest BCUT2D eigenvalue weighted by Crippen LogP contribution is -2.35. The monoisotopic (exact) mass is 248 g/mol. The van der Waals surface area contributed by atoms with Crippen molar-refractivity contribution in [1.82, 2.24) is 0 Å². The van der Waals surface area contributed by atoms with Gasteiger partial charge in [-0.05, 0) is 17.9 Å². The molecule has 17 heavy (non-hydrogen) atoms. The fourth-order valence-electron chi connectivity index (χ4n) is 1.26. The van der Waals surface area contributed by atoms with Gasteiger partial charge in [-0.25, -0.2) is 0 Å². The van der Waals surface area contributed by atoms with Crippen LogP contribution >= 0.6 is 0 Å². The van der Waals surface area contributed by atoms with Crippen molar-refractivity contribution >= 4 is 8.07 Å². The Kier molecular flexibility index (Phi) is 7.32. The van der Waals surface area contributed by atoms with Crippen molar-refractivity contribution in [2.24, 2.45) is 0 Å². The van der Waals surface area contributed by atoms with Crippen molar-refractivity contribution in [2.75, 3.05) is 0 Å². The van der Waals surface area contributed by atoms with E-state index in [1.54, 1.807) is 0 Å². The molecule has 0 aliphatic heterocycles. The van der Waals surface area contributed by atoms with Gasteiger partial charge in [-0.3, -0.25) is 0 Å². The quantitative estimate of drug-likeness (QED) is 0.364. The number of terminal acetylenes is 1. The van der Waals surface area contributed by atoms with Crippen molar-refractivity contribution in [2.45, 2.75) is 77.4 Å². The van der Waals surface area contributed by atoms with Gasteiger partial charge in [0.25, 0.3) is 0 Å². The topological polar surface area (TPSA) is 0 Å². The van der Waals surface area contributed by atoms with E-state index in [-0.39, 0.29) is 0 Å². The van der Waals surface area contributed by atoms with E-state index in [0.717, 1.165) is 12.8 Å². The highest BCUT2D eigenvalue weighted by Crippen LogP contribution is 2.35.